The summed E-state index contributed by atoms with van der Waals surface area (Å²) in [7, 11) is 1.07. The lowest BCUT2D eigenvalue weighted by Crippen LogP contribution is -2.17. The smallest absolute Gasteiger partial charge is 0.394 e. The highest BCUT2D eigenvalue weighted by molar-refractivity contribution is 5.91. The quantitative estimate of drug-likeness (QED) is 0.772. The van der Waals surface area contributed by atoms with Crippen LogP contribution in [0, 0.1) is 0 Å². The number of hydrogen-bond donors (Lipinski definition) is 1. The molecule has 0 aliphatic rings. The summed E-state index contributed by atoms with van der Waals surface area (Å²) in [5, 5.41) is 0. The molecule has 1 rings (SSSR count). The van der Waals surface area contributed by atoms with Gasteiger partial charge in [0.15, 0.2) is 11.5 Å². The highest BCUT2D eigenvalue weighted by Gasteiger charge is 2.29. The number of carbonyl (C=O) groups excluding carboxylic acids is 1. The first-order valence-corrected chi connectivity index (χ1v) is 4.10. The second-order valence-corrected chi connectivity index (χ2v) is 2.88. The van der Waals surface area contributed by atoms with E-state index >= 15 is 0 Å². The number of alkyl halides is 3. The van der Waals surface area contributed by atoms with E-state index < -0.39 is 24.3 Å². The number of nitrogens with two attached hydrogens (primary N) is 1. The van der Waals surface area contributed by atoms with Crippen LogP contribution < -0.4 is 5.73 Å². The molecule has 0 aromatic carbocycles. The molecule has 88 valence electrons. The van der Waals surface area contributed by atoms with E-state index in [4.69, 9.17) is 5.73 Å². The largest absolute Gasteiger partial charge is 0.464 e. The Morgan fingerprint density at radius 3 is 2.69 bits per heavy atom. The first kappa shape index (κ1) is 12.2. The summed E-state index contributed by atoms with van der Waals surface area (Å²) in [5.74, 6) is -1.19. The molecule has 0 atom stereocenters. The number of rotatable bonds is 2. The maximum atomic E-state index is 12.0. The second kappa shape index (κ2) is 4.33. The number of nitrogen functional groups attached to an aromatic ring is 1. The number of aromatic nitrogens is 2. The van der Waals surface area contributed by atoms with Gasteiger partial charge in [-0.3, -0.25) is 0 Å². The van der Waals surface area contributed by atoms with Gasteiger partial charge in [-0.2, -0.15) is 13.2 Å². The normalized spacial score (nSPS) is 11.2. The van der Waals surface area contributed by atoms with E-state index in [1.165, 1.54) is 0 Å². The van der Waals surface area contributed by atoms with Crippen LogP contribution in [0.15, 0.2) is 6.20 Å². The third-order valence-electron chi connectivity index (χ3n) is 1.61. The Balaban J connectivity index is 3.03. The topological polar surface area (TPSA) is 78.1 Å². The molecule has 1 aromatic rings. The molecular weight excluding hydrogens is 227 g/mol. The third kappa shape index (κ3) is 3.07. The molecule has 0 spiro atoms. The Bertz CT molecular complexity index is 406. The Kier molecular flexibility index (Phi) is 3.31. The van der Waals surface area contributed by atoms with Crippen molar-refractivity contribution in [2.75, 3.05) is 12.8 Å². The number of ether oxygens (including phenoxy) is 1. The molecule has 0 amide bonds. The van der Waals surface area contributed by atoms with Gasteiger partial charge in [0.05, 0.1) is 25.4 Å². The lowest BCUT2D eigenvalue weighted by atomic mass is 10.3. The summed E-state index contributed by atoms with van der Waals surface area (Å²) >= 11 is 0. The molecule has 1 heterocycles. The van der Waals surface area contributed by atoms with Crippen LogP contribution in [0.5, 0.6) is 0 Å². The van der Waals surface area contributed by atoms with E-state index in [9.17, 15) is 18.0 Å². The van der Waals surface area contributed by atoms with Gasteiger partial charge in [-0.1, -0.05) is 0 Å². The molecule has 0 radical (unpaired) electrons. The lowest BCUT2D eigenvalue weighted by Gasteiger charge is -2.07. The second-order valence-electron chi connectivity index (χ2n) is 2.88. The highest BCUT2D eigenvalue weighted by atomic mass is 19.4. The minimum Gasteiger partial charge on any atom is -0.464 e. The van der Waals surface area contributed by atoms with E-state index in [1.807, 2.05) is 0 Å². The zero-order valence-corrected chi connectivity index (χ0v) is 8.21. The summed E-state index contributed by atoms with van der Waals surface area (Å²) in [5.41, 5.74) is 4.47. The number of anilines is 1. The molecule has 0 saturated heterocycles. The van der Waals surface area contributed by atoms with Gasteiger partial charge in [0.1, 0.15) is 0 Å². The fourth-order valence-electron chi connectivity index (χ4n) is 0.972. The molecule has 0 bridgehead atoms. The number of nitrogens with zero attached hydrogens (tertiary/aromatic N) is 2. The molecule has 0 fully saturated rings. The molecule has 16 heavy (non-hydrogen) atoms. The zero-order chi connectivity index (χ0) is 12.3. The predicted octanol–water partition coefficient (Wildman–Crippen LogP) is 0.950. The average molecular weight is 235 g/mol. The van der Waals surface area contributed by atoms with Crippen LogP contribution in [0.3, 0.4) is 0 Å². The fraction of sp³-hybridized carbons (Fsp3) is 0.375. The number of halogens is 3. The van der Waals surface area contributed by atoms with Crippen LogP contribution in [0.4, 0.5) is 19.0 Å². The fourth-order valence-corrected chi connectivity index (χ4v) is 0.972. The summed E-state index contributed by atoms with van der Waals surface area (Å²) in [4.78, 5) is 18.0. The molecule has 5 nitrogen and oxygen atoms in total. The molecular formula is C8H8F3N3O2. The van der Waals surface area contributed by atoms with Gasteiger partial charge in [0.2, 0.25) is 0 Å². The van der Waals surface area contributed by atoms with Crippen molar-refractivity contribution in [1.82, 2.24) is 9.97 Å². The van der Waals surface area contributed by atoms with Crippen LogP contribution >= 0.6 is 0 Å². The summed E-state index contributed by atoms with van der Waals surface area (Å²) in [6, 6.07) is 0. The van der Waals surface area contributed by atoms with Gasteiger partial charge in [-0.25, -0.2) is 14.8 Å². The van der Waals surface area contributed by atoms with Crippen molar-refractivity contribution in [3.63, 3.8) is 0 Å². The van der Waals surface area contributed by atoms with Gasteiger partial charge in [0, 0.05) is 0 Å². The molecule has 0 aliphatic carbocycles. The SMILES string of the molecule is COC(=O)c1nc(CC(F)(F)F)cnc1N. The van der Waals surface area contributed by atoms with Gasteiger partial charge in [0.25, 0.3) is 0 Å². The summed E-state index contributed by atoms with van der Waals surface area (Å²) < 4.78 is 40.4. The van der Waals surface area contributed by atoms with Gasteiger partial charge in [-0.15, -0.1) is 0 Å². The standard InChI is InChI=1S/C8H8F3N3O2/c1-16-7(15)5-6(12)13-3-4(14-5)2-8(9,10)11/h3H,2H2,1H3,(H2,12,13). The van der Waals surface area contributed by atoms with E-state index in [1.54, 1.807) is 0 Å². The molecule has 0 saturated carbocycles. The number of esters is 1. The van der Waals surface area contributed by atoms with Gasteiger partial charge < -0.3 is 10.5 Å². The van der Waals surface area contributed by atoms with Crippen molar-refractivity contribution in [3.8, 4) is 0 Å². The maximum absolute atomic E-state index is 12.0. The van der Waals surface area contributed by atoms with Crippen LogP contribution in [-0.2, 0) is 11.2 Å². The van der Waals surface area contributed by atoms with Crippen molar-refractivity contribution < 1.29 is 22.7 Å². The minimum atomic E-state index is -4.42. The first-order chi connectivity index (χ1) is 7.33. The van der Waals surface area contributed by atoms with Crippen molar-refractivity contribution in [2.45, 2.75) is 12.6 Å². The average Bonchev–Trinajstić information content (AvgIpc) is 2.18. The van der Waals surface area contributed by atoms with Crippen molar-refractivity contribution in [3.05, 3.63) is 17.6 Å². The number of hydrogen-bond acceptors (Lipinski definition) is 5. The van der Waals surface area contributed by atoms with Crippen LogP contribution in [0.25, 0.3) is 0 Å². The summed E-state index contributed by atoms with van der Waals surface area (Å²) in [6.07, 6.45) is -4.82. The van der Waals surface area contributed by atoms with E-state index in [-0.39, 0.29) is 11.5 Å². The van der Waals surface area contributed by atoms with E-state index in [0.717, 1.165) is 13.3 Å². The highest BCUT2D eigenvalue weighted by Crippen LogP contribution is 2.20. The molecule has 1 aromatic heterocycles. The van der Waals surface area contributed by atoms with E-state index in [0.29, 0.717) is 0 Å². The minimum absolute atomic E-state index is 0.266. The molecule has 0 unspecified atom stereocenters. The first-order valence-electron chi connectivity index (χ1n) is 4.10. The molecule has 0 aliphatic heterocycles. The van der Waals surface area contributed by atoms with Crippen molar-refractivity contribution in [2.24, 2.45) is 0 Å². The Labute approximate surface area is 88.4 Å². The van der Waals surface area contributed by atoms with Crippen LogP contribution in [0.2, 0.25) is 0 Å². The Morgan fingerprint density at radius 1 is 1.56 bits per heavy atom. The number of methoxy groups -OCH3 is 1. The molecule has 2 N–H and O–H groups in total. The molecule has 8 heteroatoms. The van der Waals surface area contributed by atoms with Gasteiger partial charge in [-0.05, 0) is 0 Å². The lowest BCUT2D eigenvalue weighted by molar-refractivity contribution is -0.127. The van der Waals surface area contributed by atoms with Crippen molar-refractivity contribution >= 4 is 11.8 Å². The van der Waals surface area contributed by atoms with Crippen LogP contribution in [-0.4, -0.2) is 29.2 Å². The van der Waals surface area contributed by atoms with Crippen LogP contribution in [0.1, 0.15) is 16.2 Å². The monoisotopic (exact) mass is 235 g/mol. The predicted molar refractivity (Wildman–Crippen MR) is 47.5 cm³/mol. The Morgan fingerprint density at radius 2 is 2.19 bits per heavy atom. The zero-order valence-electron chi connectivity index (χ0n) is 8.21. The van der Waals surface area contributed by atoms with Crippen molar-refractivity contribution in [1.29, 1.82) is 0 Å². The third-order valence-corrected chi connectivity index (χ3v) is 1.61. The van der Waals surface area contributed by atoms with Gasteiger partial charge >= 0.3 is 12.1 Å². The van der Waals surface area contributed by atoms with E-state index in [2.05, 4.69) is 14.7 Å². The Hall–Kier alpha value is -1.86. The maximum Gasteiger partial charge on any atom is 0.394 e. The summed E-state index contributed by atoms with van der Waals surface area (Å²) in [6.45, 7) is 0. The number of carbonyl (C=O) groups is 1.